The minimum atomic E-state index is -1.99. The Balaban J connectivity index is 0.00000676. The standard InChI is InChI=1S/C18H33NO5SSi.CH4/c1-8-23-17(22)14(19-12(2)20)11-25-16-10-13(21)9-15(16)24-26(6,7)18(3,4)5;/h14-16H,8-11H2,1-7H3,(H,19,20);1H4/t14-,15-,16-;/m0./s1. The molecule has 6 nitrogen and oxygen atoms in total. The highest BCUT2D eigenvalue weighted by Gasteiger charge is 2.44. The number of amides is 1. The summed E-state index contributed by atoms with van der Waals surface area (Å²) in [6.07, 6.45) is 0.738. The van der Waals surface area contributed by atoms with Crippen LogP contribution in [0.1, 0.15) is 54.9 Å². The van der Waals surface area contributed by atoms with Gasteiger partial charge in [0.25, 0.3) is 0 Å². The molecule has 27 heavy (non-hydrogen) atoms. The summed E-state index contributed by atoms with van der Waals surface area (Å²) in [5.74, 6) is -0.159. The van der Waals surface area contributed by atoms with E-state index in [1.165, 1.54) is 18.7 Å². The van der Waals surface area contributed by atoms with Crippen molar-refractivity contribution in [2.75, 3.05) is 12.4 Å². The molecule has 1 aliphatic rings. The lowest BCUT2D eigenvalue weighted by Crippen LogP contribution is -2.46. The number of carbonyl (C=O) groups excluding carboxylic acids is 3. The third-order valence-corrected chi connectivity index (χ3v) is 10.9. The van der Waals surface area contributed by atoms with Crippen LogP contribution in [-0.4, -0.2) is 55.7 Å². The lowest BCUT2D eigenvalue weighted by atomic mass is 10.2. The molecule has 0 unspecified atom stereocenters. The maximum absolute atomic E-state index is 12.0. The van der Waals surface area contributed by atoms with E-state index >= 15 is 0 Å². The molecular formula is C19H37NO5SSi. The third kappa shape index (κ3) is 7.95. The van der Waals surface area contributed by atoms with E-state index in [2.05, 4.69) is 39.2 Å². The fourth-order valence-corrected chi connectivity index (χ4v) is 5.30. The van der Waals surface area contributed by atoms with Gasteiger partial charge in [-0.15, -0.1) is 0 Å². The fourth-order valence-electron chi connectivity index (χ4n) is 2.51. The Kier molecular flexibility index (Phi) is 10.3. The van der Waals surface area contributed by atoms with Crippen molar-refractivity contribution in [2.24, 2.45) is 0 Å². The first kappa shape index (κ1) is 26.1. The van der Waals surface area contributed by atoms with Crippen molar-refractivity contribution >= 4 is 37.7 Å². The molecule has 8 heteroatoms. The lowest BCUT2D eigenvalue weighted by Gasteiger charge is -2.39. The Bertz CT molecular complexity index is 533. The summed E-state index contributed by atoms with van der Waals surface area (Å²) in [6, 6.07) is -0.707. The number of hydrogen-bond donors (Lipinski definition) is 1. The predicted octanol–water partition coefficient (Wildman–Crippen LogP) is 3.55. The summed E-state index contributed by atoms with van der Waals surface area (Å²) >= 11 is 1.51. The van der Waals surface area contributed by atoms with Gasteiger partial charge in [0.1, 0.15) is 11.8 Å². The molecule has 0 saturated heterocycles. The molecule has 0 radical (unpaired) electrons. The average Bonchev–Trinajstić information content (AvgIpc) is 2.81. The number of rotatable bonds is 8. The van der Waals surface area contributed by atoms with Gasteiger partial charge in [0.15, 0.2) is 8.32 Å². The summed E-state index contributed by atoms with van der Waals surface area (Å²) in [6.45, 7) is 14.2. The van der Waals surface area contributed by atoms with Crippen LogP contribution in [-0.2, 0) is 23.5 Å². The maximum atomic E-state index is 12.0. The summed E-state index contributed by atoms with van der Waals surface area (Å²) < 4.78 is 11.5. The number of thioether (sulfide) groups is 1. The van der Waals surface area contributed by atoms with E-state index < -0.39 is 20.3 Å². The van der Waals surface area contributed by atoms with Gasteiger partial charge in [-0.2, -0.15) is 11.8 Å². The molecule has 1 N–H and O–H groups in total. The molecule has 1 aliphatic carbocycles. The van der Waals surface area contributed by atoms with E-state index in [1.54, 1.807) is 6.92 Å². The van der Waals surface area contributed by atoms with Crippen molar-refractivity contribution in [1.82, 2.24) is 5.32 Å². The molecule has 0 aliphatic heterocycles. The second-order valence-corrected chi connectivity index (χ2v) is 14.3. The highest BCUT2D eigenvalue weighted by atomic mass is 32.2. The normalized spacial score (nSPS) is 21.4. The van der Waals surface area contributed by atoms with Crippen LogP contribution < -0.4 is 5.32 Å². The molecule has 1 fully saturated rings. The molecule has 0 heterocycles. The van der Waals surface area contributed by atoms with Gasteiger partial charge in [-0.3, -0.25) is 9.59 Å². The van der Waals surface area contributed by atoms with Crippen molar-refractivity contribution in [3.8, 4) is 0 Å². The van der Waals surface area contributed by atoms with E-state index in [1.807, 2.05) is 0 Å². The summed E-state index contributed by atoms with van der Waals surface area (Å²) in [7, 11) is -1.99. The number of nitrogens with one attached hydrogen (secondary N) is 1. The molecule has 0 bridgehead atoms. The molecule has 1 saturated carbocycles. The van der Waals surface area contributed by atoms with E-state index in [9.17, 15) is 14.4 Å². The Morgan fingerprint density at radius 2 is 1.89 bits per heavy atom. The van der Waals surface area contributed by atoms with Crippen LogP contribution in [0.4, 0.5) is 0 Å². The SMILES string of the molecule is C.CCOC(=O)[C@H](CS[C@H]1CC(=O)C[C@@H]1O[Si](C)(C)C(C)(C)C)NC(C)=O. The van der Waals surface area contributed by atoms with Gasteiger partial charge in [0.2, 0.25) is 5.91 Å². The number of ketones is 1. The van der Waals surface area contributed by atoms with E-state index in [0.717, 1.165) is 0 Å². The molecule has 1 rings (SSSR count). The molecule has 0 aromatic carbocycles. The molecule has 158 valence electrons. The van der Waals surface area contributed by atoms with E-state index in [-0.39, 0.29) is 42.1 Å². The highest BCUT2D eigenvalue weighted by Crippen LogP contribution is 2.41. The molecule has 0 aromatic rings. The smallest absolute Gasteiger partial charge is 0.329 e. The second-order valence-electron chi connectivity index (χ2n) is 8.24. The Morgan fingerprint density at radius 3 is 2.37 bits per heavy atom. The zero-order chi connectivity index (χ0) is 20.1. The number of hydrogen-bond acceptors (Lipinski definition) is 6. The Morgan fingerprint density at radius 1 is 1.30 bits per heavy atom. The van der Waals surface area contributed by atoms with Gasteiger partial charge in [-0.25, -0.2) is 4.79 Å². The first-order valence-corrected chi connectivity index (χ1v) is 13.1. The molecule has 0 aromatic heterocycles. The monoisotopic (exact) mass is 419 g/mol. The van der Waals surface area contributed by atoms with Crippen molar-refractivity contribution in [1.29, 1.82) is 0 Å². The summed E-state index contributed by atoms with van der Waals surface area (Å²) in [5.41, 5.74) is 0. The average molecular weight is 420 g/mol. The fraction of sp³-hybridized carbons (Fsp3) is 0.842. The van der Waals surface area contributed by atoms with Gasteiger partial charge < -0.3 is 14.5 Å². The highest BCUT2D eigenvalue weighted by molar-refractivity contribution is 8.00. The van der Waals surface area contributed by atoms with Gasteiger partial charge in [-0.05, 0) is 25.1 Å². The van der Waals surface area contributed by atoms with Crippen LogP contribution in [0.15, 0.2) is 0 Å². The summed E-state index contributed by atoms with van der Waals surface area (Å²) in [5, 5.41) is 2.70. The van der Waals surface area contributed by atoms with Gasteiger partial charge in [-0.1, -0.05) is 28.2 Å². The minimum Gasteiger partial charge on any atom is -0.464 e. The first-order valence-electron chi connectivity index (χ1n) is 9.12. The largest absolute Gasteiger partial charge is 0.464 e. The number of ether oxygens (including phenoxy) is 1. The maximum Gasteiger partial charge on any atom is 0.329 e. The van der Waals surface area contributed by atoms with E-state index in [0.29, 0.717) is 18.6 Å². The topological polar surface area (TPSA) is 81.7 Å². The first-order chi connectivity index (χ1) is 11.9. The second kappa shape index (κ2) is 10.6. The van der Waals surface area contributed by atoms with Crippen LogP contribution in [0.3, 0.4) is 0 Å². The van der Waals surface area contributed by atoms with Gasteiger partial charge in [0, 0.05) is 30.8 Å². The summed E-state index contributed by atoms with van der Waals surface area (Å²) in [4.78, 5) is 35.4. The van der Waals surface area contributed by atoms with Crippen molar-refractivity contribution in [2.45, 2.75) is 90.4 Å². The van der Waals surface area contributed by atoms with Crippen LogP contribution in [0.25, 0.3) is 0 Å². The molecular weight excluding hydrogens is 382 g/mol. The third-order valence-electron chi connectivity index (χ3n) is 4.95. The van der Waals surface area contributed by atoms with Crippen molar-refractivity contribution in [3.05, 3.63) is 0 Å². The lowest BCUT2D eigenvalue weighted by molar-refractivity contribution is -0.146. The Labute approximate surface area is 169 Å². The van der Waals surface area contributed by atoms with Gasteiger partial charge >= 0.3 is 5.97 Å². The minimum absolute atomic E-state index is 0. The predicted molar refractivity (Wildman–Crippen MR) is 114 cm³/mol. The van der Waals surface area contributed by atoms with Crippen LogP contribution >= 0.6 is 11.8 Å². The van der Waals surface area contributed by atoms with Crippen molar-refractivity contribution in [3.63, 3.8) is 0 Å². The van der Waals surface area contributed by atoms with Crippen molar-refractivity contribution < 1.29 is 23.5 Å². The zero-order valence-electron chi connectivity index (χ0n) is 17.0. The zero-order valence-corrected chi connectivity index (χ0v) is 18.8. The van der Waals surface area contributed by atoms with E-state index in [4.69, 9.17) is 9.16 Å². The molecule has 3 atom stereocenters. The quantitative estimate of drug-likeness (QED) is 0.479. The molecule has 1 amide bonds. The van der Waals surface area contributed by atoms with Gasteiger partial charge in [0.05, 0.1) is 12.7 Å². The van der Waals surface area contributed by atoms with Crippen LogP contribution in [0.5, 0.6) is 0 Å². The number of Topliss-reactive ketones (excluding diaryl/α,β-unsaturated/α-hetero) is 1. The molecule has 0 spiro atoms. The number of carbonyl (C=O) groups is 3. The van der Waals surface area contributed by atoms with Crippen LogP contribution in [0.2, 0.25) is 18.1 Å². The number of esters is 1. The van der Waals surface area contributed by atoms with Crippen LogP contribution in [0, 0.1) is 0 Å². The Hall–Kier alpha value is -0.863.